The van der Waals surface area contributed by atoms with E-state index in [4.69, 9.17) is 21.1 Å². The van der Waals surface area contributed by atoms with E-state index < -0.39 is 0 Å². The Morgan fingerprint density at radius 2 is 2.12 bits per heavy atom. The predicted molar refractivity (Wildman–Crippen MR) is 99.5 cm³/mol. The van der Waals surface area contributed by atoms with Crippen molar-refractivity contribution in [2.75, 3.05) is 27.4 Å². The van der Waals surface area contributed by atoms with E-state index >= 15 is 0 Å². The first-order valence-electron chi connectivity index (χ1n) is 8.18. The first kappa shape index (κ1) is 17.5. The summed E-state index contributed by atoms with van der Waals surface area (Å²) < 4.78 is 12.8. The van der Waals surface area contributed by atoms with Gasteiger partial charge in [-0.3, -0.25) is 4.99 Å². The number of halogens is 1. The zero-order valence-electron chi connectivity index (χ0n) is 14.8. The number of rotatable bonds is 5. The summed E-state index contributed by atoms with van der Waals surface area (Å²) in [5.41, 5.74) is 2.33. The third-order valence-corrected chi connectivity index (χ3v) is 4.39. The lowest BCUT2D eigenvalue weighted by Gasteiger charge is -2.22. The molecule has 0 unspecified atom stereocenters. The van der Waals surface area contributed by atoms with Gasteiger partial charge in [-0.05, 0) is 30.2 Å². The molecule has 2 heterocycles. The Hall–Kier alpha value is -2.34. The van der Waals surface area contributed by atoms with Gasteiger partial charge in [0.1, 0.15) is 0 Å². The second kappa shape index (κ2) is 7.70. The van der Waals surface area contributed by atoms with Gasteiger partial charge in [0.25, 0.3) is 0 Å². The van der Waals surface area contributed by atoms with Crippen LogP contribution in [0.15, 0.2) is 35.5 Å². The summed E-state index contributed by atoms with van der Waals surface area (Å²) >= 11 is 6.05. The summed E-state index contributed by atoms with van der Waals surface area (Å²) in [5, 5.41) is 4.14. The molecule has 7 heteroatoms. The van der Waals surface area contributed by atoms with E-state index in [-0.39, 0.29) is 0 Å². The van der Waals surface area contributed by atoms with Gasteiger partial charge in [0.2, 0.25) is 6.79 Å². The number of ether oxygens (including phenoxy) is 2. The molecule has 0 amide bonds. The number of nitrogens with zero attached hydrogens (tertiary/aromatic N) is 3. The van der Waals surface area contributed by atoms with Gasteiger partial charge in [0, 0.05) is 39.6 Å². The van der Waals surface area contributed by atoms with Crippen LogP contribution in [-0.4, -0.2) is 42.9 Å². The van der Waals surface area contributed by atoms with Crippen LogP contribution in [0.5, 0.6) is 11.5 Å². The minimum Gasteiger partial charge on any atom is -0.454 e. The Bertz CT molecular complexity index is 772. The number of aliphatic imine (C=N–C) groups is 1. The van der Waals surface area contributed by atoms with Crippen molar-refractivity contribution in [3.63, 3.8) is 0 Å². The number of fused-ring (bicyclic) bond motifs is 1. The second-order valence-electron chi connectivity index (χ2n) is 6.03. The quantitative estimate of drug-likeness (QED) is 0.656. The van der Waals surface area contributed by atoms with E-state index in [9.17, 15) is 0 Å². The highest BCUT2D eigenvalue weighted by atomic mass is 35.5. The van der Waals surface area contributed by atoms with Crippen LogP contribution in [0, 0.1) is 0 Å². The highest BCUT2D eigenvalue weighted by molar-refractivity contribution is 6.30. The minimum absolute atomic E-state index is 0.303. The van der Waals surface area contributed by atoms with E-state index in [2.05, 4.69) is 21.3 Å². The number of aromatic nitrogens is 1. The van der Waals surface area contributed by atoms with E-state index in [1.54, 1.807) is 7.05 Å². The molecule has 0 saturated carbocycles. The molecule has 1 aliphatic rings. The first-order valence-corrected chi connectivity index (χ1v) is 8.55. The molecule has 0 atom stereocenters. The zero-order valence-corrected chi connectivity index (χ0v) is 15.5. The summed E-state index contributed by atoms with van der Waals surface area (Å²) in [6, 6.07) is 8.02. The molecule has 1 N–H and O–H groups in total. The molecule has 0 saturated heterocycles. The third kappa shape index (κ3) is 4.20. The summed E-state index contributed by atoms with van der Waals surface area (Å²) in [7, 11) is 5.79. The molecule has 0 radical (unpaired) electrons. The number of guanidine groups is 1. The predicted octanol–water partition coefficient (Wildman–Crippen LogP) is 2.66. The van der Waals surface area contributed by atoms with Crippen molar-refractivity contribution in [1.82, 2.24) is 14.8 Å². The van der Waals surface area contributed by atoms with E-state index in [1.807, 2.05) is 43.1 Å². The van der Waals surface area contributed by atoms with Crippen LogP contribution in [-0.2, 0) is 20.0 Å². The fourth-order valence-corrected chi connectivity index (χ4v) is 3.11. The van der Waals surface area contributed by atoms with Crippen LogP contribution >= 0.6 is 11.6 Å². The maximum absolute atomic E-state index is 6.05. The van der Waals surface area contributed by atoms with Crippen molar-refractivity contribution >= 4 is 17.6 Å². The Labute approximate surface area is 153 Å². The second-order valence-corrected chi connectivity index (χ2v) is 6.46. The highest BCUT2D eigenvalue weighted by Gasteiger charge is 2.13. The molecule has 0 bridgehead atoms. The zero-order chi connectivity index (χ0) is 17.8. The molecule has 134 valence electrons. The number of hydrogen-bond donors (Lipinski definition) is 1. The number of hydrogen-bond acceptors (Lipinski definition) is 3. The molecule has 1 aromatic carbocycles. The van der Waals surface area contributed by atoms with E-state index in [0.29, 0.717) is 6.79 Å². The maximum Gasteiger partial charge on any atom is 0.231 e. The largest absolute Gasteiger partial charge is 0.454 e. The Balaban J connectivity index is 1.53. The normalized spacial score (nSPS) is 13.2. The summed E-state index contributed by atoms with van der Waals surface area (Å²) in [6.45, 7) is 1.81. The fourth-order valence-electron chi connectivity index (χ4n) is 2.84. The molecular formula is C18H23ClN4O2. The van der Waals surface area contributed by atoms with Gasteiger partial charge in [0.05, 0.1) is 11.6 Å². The van der Waals surface area contributed by atoms with Gasteiger partial charge in [-0.2, -0.15) is 0 Å². The molecule has 2 aromatic rings. The summed E-state index contributed by atoms with van der Waals surface area (Å²) in [4.78, 5) is 6.43. The fraction of sp³-hybridized carbons (Fsp3) is 0.389. The number of aryl methyl sites for hydroxylation is 1. The van der Waals surface area contributed by atoms with Crippen LogP contribution in [0.2, 0.25) is 5.02 Å². The van der Waals surface area contributed by atoms with Crippen molar-refractivity contribution in [2.45, 2.75) is 13.0 Å². The lowest BCUT2D eigenvalue weighted by molar-refractivity contribution is 0.174. The average Bonchev–Trinajstić information content (AvgIpc) is 3.17. The van der Waals surface area contributed by atoms with Gasteiger partial charge in [-0.15, -0.1) is 0 Å². The molecule has 1 aromatic heterocycles. The lowest BCUT2D eigenvalue weighted by Crippen LogP contribution is -2.39. The Morgan fingerprint density at radius 1 is 1.32 bits per heavy atom. The van der Waals surface area contributed by atoms with E-state index in [1.165, 1.54) is 5.56 Å². The van der Waals surface area contributed by atoms with Gasteiger partial charge in [-0.1, -0.05) is 17.7 Å². The van der Waals surface area contributed by atoms with Crippen LogP contribution < -0.4 is 14.8 Å². The standard InChI is InChI=1S/C18H23ClN4O2/c1-20-18(23(3)11-15-9-14(19)10-22(15)2)21-7-6-13-4-5-16-17(8-13)25-12-24-16/h4-5,8-10H,6-7,11-12H2,1-3H3,(H,20,21). The van der Waals surface area contributed by atoms with Crippen LogP contribution in [0.1, 0.15) is 11.3 Å². The summed E-state index contributed by atoms with van der Waals surface area (Å²) in [5.74, 6) is 2.48. The van der Waals surface area contributed by atoms with Crippen LogP contribution in [0.3, 0.4) is 0 Å². The van der Waals surface area contributed by atoms with Crippen molar-refractivity contribution in [1.29, 1.82) is 0 Å². The Morgan fingerprint density at radius 3 is 2.84 bits per heavy atom. The van der Waals surface area contributed by atoms with Gasteiger partial charge < -0.3 is 24.3 Å². The molecule has 1 aliphatic heterocycles. The molecule has 6 nitrogen and oxygen atoms in total. The lowest BCUT2D eigenvalue weighted by atomic mass is 10.1. The maximum atomic E-state index is 6.05. The minimum atomic E-state index is 0.303. The van der Waals surface area contributed by atoms with Gasteiger partial charge >= 0.3 is 0 Å². The van der Waals surface area contributed by atoms with Crippen molar-refractivity contribution in [2.24, 2.45) is 12.0 Å². The third-order valence-electron chi connectivity index (χ3n) is 4.18. The van der Waals surface area contributed by atoms with Crippen molar-refractivity contribution in [3.05, 3.63) is 46.7 Å². The topological polar surface area (TPSA) is 51.0 Å². The molecule has 0 spiro atoms. The molecule has 0 aliphatic carbocycles. The van der Waals surface area contributed by atoms with Crippen LogP contribution in [0.4, 0.5) is 0 Å². The van der Waals surface area contributed by atoms with Crippen molar-refractivity contribution < 1.29 is 9.47 Å². The van der Waals surface area contributed by atoms with E-state index in [0.717, 1.165) is 47.7 Å². The SMILES string of the molecule is CN=C(NCCc1ccc2c(c1)OCO2)N(C)Cc1cc(Cl)cn1C. The average molecular weight is 363 g/mol. The first-order chi connectivity index (χ1) is 12.1. The molecular weight excluding hydrogens is 340 g/mol. The highest BCUT2D eigenvalue weighted by Crippen LogP contribution is 2.32. The summed E-state index contributed by atoms with van der Waals surface area (Å²) in [6.07, 6.45) is 2.78. The number of benzene rings is 1. The number of nitrogens with one attached hydrogen (secondary N) is 1. The van der Waals surface area contributed by atoms with Crippen LogP contribution in [0.25, 0.3) is 0 Å². The molecule has 0 fully saturated rings. The smallest absolute Gasteiger partial charge is 0.231 e. The monoisotopic (exact) mass is 362 g/mol. The molecule has 25 heavy (non-hydrogen) atoms. The Kier molecular flexibility index (Phi) is 5.38. The molecule has 3 rings (SSSR count). The van der Waals surface area contributed by atoms with Gasteiger partial charge in [-0.25, -0.2) is 0 Å². The van der Waals surface area contributed by atoms with Gasteiger partial charge in [0.15, 0.2) is 17.5 Å². The van der Waals surface area contributed by atoms with Crippen molar-refractivity contribution in [3.8, 4) is 11.5 Å².